The molecule has 0 amide bonds. The number of sulfonamides is 1. The van der Waals surface area contributed by atoms with E-state index in [1.807, 2.05) is 0 Å². The van der Waals surface area contributed by atoms with Crippen LogP contribution in [0.1, 0.15) is 26.2 Å². The van der Waals surface area contributed by atoms with Crippen LogP contribution in [0.3, 0.4) is 0 Å². The lowest BCUT2D eigenvalue weighted by Crippen LogP contribution is -2.47. The first-order valence-corrected chi connectivity index (χ1v) is 6.95. The van der Waals surface area contributed by atoms with Crippen molar-refractivity contribution in [3.63, 3.8) is 0 Å². The molecule has 0 aromatic carbocycles. The van der Waals surface area contributed by atoms with Gasteiger partial charge >= 0.3 is 0 Å². The Morgan fingerprint density at radius 1 is 1.57 bits per heavy atom. The fraction of sp³-hybridized carbons (Fsp3) is 1.00. The Morgan fingerprint density at radius 3 is 3.00 bits per heavy atom. The van der Waals surface area contributed by atoms with E-state index < -0.39 is 10.0 Å². The SMILES string of the molecule is CCS(=O)(=O)NCC12CC1CCCN2. The Hall–Kier alpha value is -0.130. The first-order valence-electron chi connectivity index (χ1n) is 5.30. The van der Waals surface area contributed by atoms with Crippen LogP contribution in [0.25, 0.3) is 0 Å². The van der Waals surface area contributed by atoms with E-state index >= 15 is 0 Å². The van der Waals surface area contributed by atoms with E-state index in [9.17, 15) is 8.42 Å². The van der Waals surface area contributed by atoms with Gasteiger partial charge < -0.3 is 5.32 Å². The molecule has 14 heavy (non-hydrogen) atoms. The molecule has 2 aliphatic rings. The number of fused-ring (bicyclic) bond motifs is 1. The highest BCUT2D eigenvalue weighted by Gasteiger charge is 2.54. The predicted molar refractivity (Wildman–Crippen MR) is 55.5 cm³/mol. The smallest absolute Gasteiger partial charge is 0.211 e. The maximum absolute atomic E-state index is 11.3. The van der Waals surface area contributed by atoms with Crippen LogP contribution in [0.5, 0.6) is 0 Å². The van der Waals surface area contributed by atoms with Gasteiger partial charge in [0, 0.05) is 12.1 Å². The zero-order valence-electron chi connectivity index (χ0n) is 8.54. The molecule has 2 N–H and O–H groups in total. The van der Waals surface area contributed by atoms with Gasteiger partial charge in [-0.05, 0) is 38.6 Å². The van der Waals surface area contributed by atoms with Crippen molar-refractivity contribution in [2.75, 3.05) is 18.8 Å². The maximum atomic E-state index is 11.3. The van der Waals surface area contributed by atoms with Crippen molar-refractivity contribution in [1.82, 2.24) is 10.0 Å². The van der Waals surface area contributed by atoms with Crippen molar-refractivity contribution in [3.05, 3.63) is 0 Å². The normalized spacial score (nSPS) is 36.5. The van der Waals surface area contributed by atoms with Crippen molar-refractivity contribution >= 4 is 10.0 Å². The van der Waals surface area contributed by atoms with Crippen LogP contribution in [0.15, 0.2) is 0 Å². The number of hydrogen-bond acceptors (Lipinski definition) is 3. The summed E-state index contributed by atoms with van der Waals surface area (Å²) in [6.07, 6.45) is 3.62. The number of piperidine rings is 1. The van der Waals surface area contributed by atoms with Gasteiger partial charge in [0.05, 0.1) is 5.75 Å². The molecule has 2 fully saturated rings. The average Bonchev–Trinajstić information content (AvgIpc) is 2.90. The van der Waals surface area contributed by atoms with Gasteiger partial charge in [0.2, 0.25) is 10.0 Å². The zero-order valence-corrected chi connectivity index (χ0v) is 9.36. The molecular weight excluding hydrogens is 200 g/mol. The van der Waals surface area contributed by atoms with E-state index in [4.69, 9.17) is 0 Å². The molecular formula is C9H18N2O2S. The summed E-state index contributed by atoms with van der Waals surface area (Å²) >= 11 is 0. The van der Waals surface area contributed by atoms with Crippen molar-refractivity contribution in [2.45, 2.75) is 31.7 Å². The third-order valence-electron chi connectivity index (χ3n) is 3.43. The summed E-state index contributed by atoms with van der Waals surface area (Å²) in [6, 6.07) is 0. The number of rotatable bonds is 4. The quantitative estimate of drug-likeness (QED) is 0.702. The molecule has 0 radical (unpaired) electrons. The van der Waals surface area contributed by atoms with Crippen molar-refractivity contribution in [3.8, 4) is 0 Å². The van der Waals surface area contributed by atoms with Crippen molar-refractivity contribution in [1.29, 1.82) is 0 Å². The molecule has 4 nitrogen and oxygen atoms in total. The van der Waals surface area contributed by atoms with E-state index in [1.54, 1.807) is 6.92 Å². The van der Waals surface area contributed by atoms with Crippen LogP contribution in [0, 0.1) is 5.92 Å². The van der Waals surface area contributed by atoms with E-state index in [2.05, 4.69) is 10.0 Å². The van der Waals surface area contributed by atoms with Gasteiger partial charge in [0.25, 0.3) is 0 Å². The number of hydrogen-bond donors (Lipinski definition) is 2. The van der Waals surface area contributed by atoms with Crippen LogP contribution >= 0.6 is 0 Å². The van der Waals surface area contributed by atoms with Crippen molar-refractivity contribution in [2.24, 2.45) is 5.92 Å². The summed E-state index contributed by atoms with van der Waals surface area (Å²) in [5.41, 5.74) is 0.112. The lowest BCUT2D eigenvalue weighted by Gasteiger charge is -2.23. The fourth-order valence-electron chi connectivity index (χ4n) is 2.28. The largest absolute Gasteiger partial charge is 0.310 e. The molecule has 1 heterocycles. The third-order valence-corrected chi connectivity index (χ3v) is 4.77. The minimum absolute atomic E-state index is 0.112. The summed E-state index contributed by atoms with van der Waals surface area (Å²) in [6.45, 7) is 3.27. The molecule has 1 saturated heterocycles. The molecule has 0 bridgehead atoms. The van der Waals surface area contributed by atoms with Gasteiger partial charge in [-0.15, -0.1) is 0 Å². The third kappa shape index (κ3) is 1.94. The Balaban J connectivity index is 1.87. The summed E-state index contributed by atoms with van der Waals surface area (Å²) in [4.78, 5) is 0. The highest BCUT2D eigenvalue weighted by atomic mass is 32.2. The Labute approximate surface area is 85.5 Å². The molecule has 82 valence electrons. The van der Waals surface area contributed by atoms with Gasteiger partial charge in [-0.1, -0.05) is 0 Å². The van der Waals surface area contributed by atoms with Gasteiger partial charge in [-0.25, -0.2) is 13.1 Å². The van der Waals surface area contributed by atoms with Crippen LogP contribution in [0.2, 0.25) is 0 Å². The molecule has 0 aromatic heterocycles. The van der Waals surface area contributed by atoms with E-state index in [0.29, 0.717) is 12.5 Å². The number of nitrogens with one attached hydrogen (secondary N) is 2. The molecule has 2 rings (SSSR count). The lowest BCUT2D eigenvalue weighted by atomic mass is 10.1. The van der Waals surface area contributed by atoms with E-state index in [0.717, 1.165) is 13.0 Å². The second-order valence-electron chi connectivity index (χ2n) is 4.35. The molecule has 5 heteroatoms. The second kappa shape index (κ2) is 3.47. The molecule has 0 aromatic rings. The Kier molecular flexibility index (Phi) is 2.57. The maximum Gasteiger partial charge on any atom is 0.211 e. The standard InChI is InChI=1S/C9H18N2O2S/c1-2-14(12,13)11-7-9-6-8(9)4-3-5-10-9/h8,10-11H,2-7H2,1H3. The van der Waals surface area contributed by atoms with Crippen molar-refractivity contribution < 1.29 is 8.42 Å². The van der Waals surface area contributed by atoms with E-state index in [1.165, 1.54) is 12.8 Å². The summed E-state index contributed by atoms with van der Waals surface area (Å²) in [5.74, 6) is 0.879. The van der Waals surface area contributed by atoms with Crippen LogP contribution in [0.4, 0.5) is 0 Å². The Bertz CT molecular complexity index is 315. The van der Waals surface area contributed by atoms with Gasteiger partial charge in [-0.3, -0.25) is 0 Å². The molecule has 1 aliphatic carbocycles. The van der Waals surface area contributed by atoms with Crippen LogP contribution in [-0.4, -0.2) is 32.8 Å². The van der Waals surface area contributed by atoms with E-state index in [-0.39, 0.29) is 11.3 Å². The first kappa shape index (κ1) is 10.4. The summed E-state index contributed by atoms with van der Waals surface area (Å²) < 4.78 is 25.2. The summed E-state index contributed by atoms with van der Waals surface area (Å²) in [5, 5.41) is 3.44. The molecule has 1 saturated carbocycles. The minimum atomic E-state index is -3.02. The minimum Gasteiger partial charge on any atom is -0.310 e. The predicted octanol–water partition coefficient (Wildman–Crippen LogP) is 0.0678. The highest BCUT2D eigenvalue weighted by molar-refractivity contribution is 7.89. The first-order chi connectivity index (χ1) is 6.58. The van der Waals surface area contributed by atoms with Gasteiger partial charge in [0.15, 0.2) is 0 Å². The molecule has 2 unspecified atom stereocenters. The van der Waals surface area contributed by atoms with Gasteiger partial charge in [-0.2, -0.15) is 0 Å². The summed E-state index contributed by atoms with van der Waals surface area (Å²) in [7, 11) is -3.02. The molecule has 2 atom stereocenters. The van der Waals surface area contributed by atoms with Crippen LogP contribution in [-0.2, 0) is 10.0 Å². The highest BCUT2D eigenvalue weighted by Crippen LogP contribution is 2.48. The van der Waals surface area contributed by atoms with Crippen LogP contribution < -0.4 is 10.0 Å². The lowest BCUT2D eigenvalue weighted by molar-refractivity contribution is 0.382. The Morgan fingerprint density at radius 2 is 2.36 bits per heavy atom. The van der Waals surface area contributed by atoms with Gasteiger partial charge in [0.1, 0.15) is 0 Å². The topological polar surface area (TPSA) is 58.2 Å². The monoisotopic (exact) mass is 218 g/mol. The zero-order chi connectivity index (χ0) is 10.2. The molecule has 1 aliphatic heterocycles. The molecule has 0 spiro atoms. The second-order valence-corrected chi connectivity index (χ2v) is 6.45. The average molecular weight is 218 g/mol. The fourth-order valence-corrected chi connectivity index (χ4v) is 2.96.